The van der Waals surface area contributed by atoms with Crippen molar-refractivity contribution in [1.82, 2.24) is 20.8 Å². The third kappa shape index (κ3) is 2.66. The van der Waals surface area contributed by atoms with E-state index in [1.54, 1.807) is 25.1 Å². The minimum atomic E-state index is -0.00434. The SMILES string of the molecule is C1=NNC(CC2NN=CN2c2ccccn2)N1c1ccccn1. The van der Waals surface area contributed by atoms with Gasteiger partial charge in [-0.15, -0.1) is 0 Å². The van der Waals surface area contributed by atoms with Crippen molar-refractivity contribution in [3.63, 3.8) is 0 Å². The predicted molar refractivity (Wildman–Crippen MR) is 88.9 cm³/mol. The number of pyridine rings is 2. The molecule has 4 heterocycles. The number of rotatable bonds is 4. The summed E-state index contributed by atoms with van der Waals surface area (Å²) in [6.45, 7) is 0. The average Bonchev–Trinajstić information content (AvgIpc) is 3.26. The smallest absolute Gasteiger partial charge is 0.135 e. The highest BCUT2D eigenvalue weighted by Gasteiger charge is 2.30. The molecule has 0 bridgehead atoms. The lowest BCUT2D eigenvalue weighted by Gasteiger charge is -2.29. The lowest BCUT2D eigenvalue weighted by molar-refractivity contribution is 0.444. The van der Waals surface area contributed by atoms with E-state index in [2.05, 4.69) is 31.0 Å². The molecule has 0 amide bonds. The molecule has 2 aromatic rings. The normalized spacial score (nSPS) is 22.3. The summed E-state index contributed by atoms with van der Waals surface area (Å²) < 4.78 is 0. The molecule has 0 aromatic carbocycles. The predicted octanol–water partition coefficient (Wildman–Crippen LogP) is 0.925. The van der Waals surface area contributed by atoms with E-state index < -0.39 is 0 Å². The fourth-order valence-corrected chi connectivity index (χ4v) is 2.64. The van der Waals surface area contributed by atoms with Crippen molar-refractivity contribution in [1.29, 1.82) is 0 Å². The molecule has 116 valence electrons. The van der Waals surface area contributed by atoms with E-state index in [0.717, 1.165) is 18.1 Å². The molecule has 0 aliphatic carbocycles. The van der Waals surface area contributed by atoms with E-state index in [4.69, 9.17) is 0 Å². The molecule has 0 radical (unpaired) electrons. The highest BCUT2D eigenvalue weighted by molar-refractivity contribution is 5.81. The number of nitrogens with one attached hydrogen (secondary N) is 2. The summed E-state index contributed by atoms with van der Waals surface area (Å²) >= 11 is 0. The van der Waals surface area contributed by atoms with Gasteiger partial charge in [-0.25, -0.2) is 9.97 Å². The summed E-state index contributed by atoms with van der Waals surface area (Å²) in [7, 11) is 0. The largest absolute Gasteiger partial charge is 0.293 e. The second-order valence-electron chi connectivity index (χ2n) is 5.21. The van der Waals surface area contributed by atoms with Crippen molar-refractivity contribution >= 4 is 24.3 Å². The van der Waals surface area contributed by atoms with Gasteiger partial charge >= 0.3 is 0 Å². The van der Waals surface area contributed by atoms with Crippen LogP contribution >= 0.6 is 0 Å². The molecule has 2 atom stereocenters. The zero-order valence-corrected chi connectivity index (χ0v) is 12.3. The summed E-state index contributed by atoms with van der Waals surface area (Å²) in [5.74, 6) is 1.71. The minimum Gasteiger partial charge on any atom is -0.293 e. The van der Waals surface area contributed by atoms with E-state index >= 15 is 0 Å². The third-order valence-corrected chi connectivity index (χ3v) is 3.76. The van der Waals surface area contributed by atoms with Crippen molar-refractivity contribution in [2.75, 3.05) is 9.80 Å². The Hall–Kier alpha value is -3.16. The molecular formula is C15H16N8. The first-order valence-corrected chi connectivity index (χ1v) is 7.38. The number of hydrogen-bond acceptors (Lipinski definition) is 8. The number of nitrogens with zero attached hydrogens (tertiary/aromatic N) is 6. The monoisotopic (exact) mass is 308 g/mol. The quantitative estimate of drug-likeness (QED) is 0.874. The first-order valence-electron chi connectivity index (χ1n) is 7.38. The van der Waals surface area contributed by atoms with Gasteiger partial charge < -0.3 is 0 Å². The molecule has 2 aromatic heterocycles. The van der Waals surface area contributed by atoms with Crippen molar-refractivity contribution < 1.29 is 0 Å². The molecule has 23 heavy (non-hydrogen) atoms. The van der Waals surface area contributed by atoms with Gasteiger partial charge in [0.2, 0.25) is 0 Å². The van der Waals surface area contributed by atoms with Gasteiger partial charge in [0.05, 0.1) is 0 Å². The zero-order chi connectivity index (χ0) is 15.5. The van der Waals surface area contributed by atoms with Gasteiger partial charge in [0.15, 0.2) is 0 Å². The molecule has 0 saturated carbocycles. The lowest BCUT2D eigenvalue weighted by Crippen LogP contribution is -2.47. The Morgan fingerprint density at radius 3 is 1.74 bits per heavy atom. The lowest BCUT2D eigenvalue weighted by atomic mass is 10.2. The van der Waals surface area contributed by atoms with E-state index in [1.165, 1.54) is 0 Å². The van der Waals surface area contributed by atoms with Gasteiger partial charge in [0.25, 0.3) is 0 Å². The van der Waals surface area contributed by atoms with Gasteiger partial charge in [-0.05, 0) is 24.3 Å². The number of hydrazone groups is 2. The fraction of sp³-hybridized carbons (Fsp3) is 0.200. The molecule has 2 aliphatic rings. The van der Waals surface area contributed by atoms with Crippen LogP contribution in [0.15, 0.2) is 59.0 Å². The molecule has 0 saturated heterocycles. The van der Waals surface area contributed by atoms with Crippen LogP contribution in [0.1, 0.15) is 6.42 Å². The van der Waals surface area contributed by atoms with Crippen molar-refractivity contribution in [2.45, 2.75) is 18.8 Å². The maximum absolute atomic E-state index is 4.38. The van der Waals surface area contributed by atoms with Crippen LogP contribution in [0.4, 0.5) is 11.6 Å². The van der Waals surface area contributed by atoms with Gasteiger partial charge in [0.1, 0.15) is 36.6 Å². The summed E-state index contributed by atoms with van der Waals surface area (Å²) in [5, 5.41) is 8.34. The topological polar surface area (TPSA) is 81.0 Å². The highest BCUT2D eigenvalue weighted by Crippen LogP contribution is 2.21. The van der Waals surface area contributed by atoms with Gasteiger partial charge in [-0.3, -0.25) is 20.7 Å². The molecule has 8 nitrogen and oxygen atoms in total. The van der Waals surface area contributed by atoms with Crippen molar-refractivity contribution in [3.05, 3.63) is 48.8 Å². The van der Waals surface area contributed by atoms with Crippen LogP contribution < -0.4 is 20.7 Å². The second-order valence-corrected chi connectivity index (χ2v) is 5.21. The summed E-state index contributed by atoms with van der Waals surface area (Å²) in [6, 6.07) is 11.6. The summed E-state index contributed by atoms with van der Waals surface area (Å²) in [6.07, 6.45) is 7.80. The Labute approximate surface area is 133 Å². The summed E-state index contributed by atoms with van der Waals surface area (Å²) in [5.41, 5.74) is 6.23. The highest BCUT2D eigenvalue weighted by atomic mass is 15.5. The Bertz CT molecular complexity index is 640. The van der Waals surface area contributed by atoms with Crippen molar-refractivity contribution in [2.24, 2.45) is 10.2 Å². The molecule has 2 N–H and O–H groups in total. The first kappa shape index (κ1) is 13.5. The standard InChI is InChI=1S/C15H16N8/c1-3-7-16-12(5-1)22-10-18-20-14(22)9-15-21-19-11-23(15)13-6-2-4-8-17-13/h1-8,10-11,14-15,20-21H,9H2. The van der Waals surface area contributed by atoms with Crippen molar-refractivity contribution in [3.8, 4) is 0 Å². The Morgan fingerprint density at radius 2 is 1.30 bits per heavy atom. The van der Waals surface area contributed by atoms with Crippen LogP contribution in [-0.2, 0) is 0 Å². The molecular weight excluding hydrogens is 292 g/mol. The molecule has 2 aliphatic heterocycles. The first-order chi connectivity index (χ1) is 11.4. The van der Waals surface area contributed by atoms with Gasteiger partial charge in [-0.1, -0.05) is 12.1 Å². The number of aromatic nitrogens is 2. The number of anilines is 2. The molecule has 8 heteroatoms. The van der Waals surface area contributed by atoms with Crippen LogP contribution in [0.25, 0.3) is 0 Å². The average molecular weight is 308 g/mol. The summed E-state index contributed by atoms with van der Waals surface area (Å²) in [4.78, 5) is 12.8. The van der Waals surface area contributed by atoms with Crippen LogP contribution in [0, 0.1) is 0 Å². The molecule has 2 unspecified atom stereocenters. The fourth-order valence-electron chi connectivity index (χ4n) is 2.64. The molecule has 4 rings (SSSR count). The number of hydrogen-bond donors (Lipinski definition) is 2. The van der Waals surface area contributed by atoms with Gasteiger partial charge in [-0.2, -0.15) is 10.2 Å². The Balaban J connectivity index is 1.49. The maximum Gasteiger partial charge on any atom is 0.135 e. The van der Waals surface area contributed by atoms with E-state index in [9.17, 15) is 0 Å². The minimum absolute atomic E-state index is 0.00434. The zero-order valence-electron chi connectivity index (χ0n) is 12.3. The van der Waals surface area contributed by atoms with E-state index in [-0.39, 0.29) is 12.3 Å². The Kier molecular flexibility index (Phi) is 3.47. The molecule has 0 spiro atoms. The second kappa shape index (κ2) is 5.91. The maximum atomic E-state index is 4.38. The van der Waals surface area contributed by atoms with E-state index in [1.807, 2.05) is 46.2 Å². The van der Waals surface area contributed by atoms with Crippen LogP contribution in [-0.4, -0.2) is 35.0 Å². The Morgan fingerprint density at radius 1 is 0.783 bits per heavy atom. The van der Waals surface area contributed by atoms with Crippen LogP contribution in [0.5, 0.6) is 0 Å². The van der Waals surface area contributed by atoms with E-state index in [0.29, 0.717) is 0 Å². The third-order valence-electron chi connectivity index (χ3n) is 3.76. The van der Waals surface area contributed by atoms with Crippen LogP contribution in [0.3, 0.4) is 0 Å². The molecule has 0 fully saturated rings. The van der Waals surface area contributed by atoms with Crippen LogP contribution in [0.2, 0.25) is 0 Å². The van der Waals surface area contributed by atoms with Gasteiger partial charge in [0, 0.05) is 18.8 Å².